The summed E-state index contributed by atoms with van der Waals surface area (Å²) >= 11 is 0. The lowest BCUT2D eigenvalue weighted by molar-refractivity contribution is -0.121. The molecule has 2 aliphatic rings. The summed E-state index contributed by atoms with van der Waals surface area (Å²) in [5.74, 6) is 0.838. The average molecular weight is 395 g/mol. The molecule has 1 fully saturated rings. The number of hydrogen-bond acceptors (Lipinski definition) is 6. The van der Waals surface area contributed by atoms with Crippen LogP contribution < -0.4 is 15.4 Å². The molecule has 4 rings (SSSR count). The monoisotopic (exact) mass is 395 g/mol. The molecule has 150 valence electrons. The summed E-state index contributed by atoms with van der Waals surface area (Å²) < 4.78 is 12.8. The maximum absolute atomic E-state index is 12.2. The van der Waals surface area contributed by atoms with Crippen molar-refractivity contribution in [1.82, 2.24) is 9.55 Å². The van der Waals surface area contributed by atoms with Crippen molar-refractivity contribution in [1.29, 1.82) is 5.26 Å². The van der Waals surface area contributed by atoms with Gasteiger partial charge in [-0.25, -0.2) is 9.78 Å². The van der Waals surface area contributed by atoms with E-state index in [4.69, 9.17) is 15.2 Å². The normalized spacial score (nSPS) is 18.7. The SMILES string of the molecule is C[C@H](Cc1ccc2c(c1)OCCn1c-2nc(N2C(=O)OC[C@H]2C)c1C#N)C(N)=O. The Labute approximate surface area is 167 Å². The third-order valence-electron chi connectivity index (χ3n) is 5.26. The van der Waals surface area contributed by atoms with E-state index >= 15 is 0 Å². The van der Waals surface area contributed by atoms with Crippen molar-refractivity contribution < 1.29 is 19.1 Å². The van der Waals surface area contributed by atoms with Crippen LogP contribution in [0.3, 0.4) is 0 Å². The van der Waals surface area contributed by atoms with E-state index in [0.717, 1.165) is 11.1 Å². The Bertz CT molecular complexity index is 1040. The number of benzene rings is 1. The first-order valence-electron chi connectivity index (χ1n) is 9.42. The van der Waals surface area contributed by atoms with Gasteiger partial charge in [-0.3, -0.25) is 9.69 Å². The highest BCUT2D eigenvalue weighted by molar-refractivity contribution is 5.91. The largest absolute Gasteiger partial charge is 0.491 e. The minimum atomic E-state index is -0.505. The van der Waals surface area contributed by atoms with Crippen molar-refractivity contribution in [2.75, 3.05) is 18.1 Å². The number of carbonyl (C=O) groups is 2. The standard InChI is InChI=1S/C20H21N5O4/c1-11(17(22)26)7-13-3-4-14-16(8-13)28-6-5-24-15(9-21)19(23-18(14)24)25-12(2)10-29-20(25)27/h3-4,8,11-12H,5-7,10H2,1-2H3,(H2,22,26)/t11-,12-/m1/s1. The van der Waals surface area contributed by atoms with Crippen molar-refractivity contribution in [3.63, 3.8) is 0 Å². The van der Waals surface area contributed by atoms with Gasteiger partial charge in [0.15, 0.2) is 11.5 Å². The number of rotatable bonds is 4. The van der Waals surface area contributed by atoms with Gasteiger partial charge in [-0.1, -0.05) is 13.0 Å². The van der Waals surface area contributed by atoms with Crippen LogP contribution in [0, 0.1) is 17.2 Å². The van der Waals surface area contributed by atoms with Crippen LogP contribution in [0.1, 0.15) is 25.1 Å². The molecule has 3 heterocycles. The van der Waals surface area contributed by atoms with Gasteiger partial charge in [-0.05, 0) is 31.0 Å². The van der Waals surface area contributed by atoms with Crippen LogP contribution in [0.15, 0.2) is 18.2 Å². The van der Waals surface area contributed by atoms with E-state index in [0.29, 0.717) is 42.7 Å². The lowest BCUT2D eigenvalue weighted by atomic mass is 9.99. The molecule has 9 heteroatoms. The van der Waals surface area contributed by atoms with Crippen molar-refractivity contribution in [3.05, 3.63) is 29.5 Å². The summed E-state index contributed by atoms with van der Waals surface area (Å²) in [6, 6.07) is 7.59. The Morgan fingerprint density at radius 3 is 2.90 bits per heavy atom. The Hall–Kier alpha value is -3.54. The van der Waals surface area contributed by atoms with Gasteiger partial charge in [0.1, 0.15) is 30.9 Å². The van der Waals surface area contributed by atoms with Gasteiger partial charge >= 0.3 is 6.09 Å². The zero-order valence-corrected chi connectivity index (χ0v) is 16.2. The van der Waals surface area contributed by atoms with E-state index in [-0.39, 0.29) is 24.5 Å². The maximum Gasteiger partial charge on any atom is 0.416 e. The number of nitriles is 1. The fourth-order valence-corrected chi connectivity index (χ4v) is 3.65. The van der Waals surface area contributed by atoms with E-state index < -0.39 is 6.09 Å². The number of aromatic nitrogens is 2. The lowest BCUT2D eigenvalue weighted by Crippen LogP contribution is -2.32. The Morgan fingerprint density at radius 1 is 1.45 bits per heavy atom. The summed E-state index contributed by atoms with van der Waals surface area (Å²) in [7, 11) is 0. The number of cyclic esters (lactones) is 1. The number of ether oxygens (including phenoxy) is 2. The van der Waals surface area contributed by atoms with Gasteiger partial charge in [-0.15, -0.1) is 0 Å². The second-order valence-electron chi connectivity index (χ2n) is 7.35. The molecule has 0 spiro atoms. The zero-order valence-electron chi connectivity index (χ0n) is 16.2. The molecule has 2 aromatic rings. The van der Waals surface area contributed by atoms with Gasteiger partial charge in [0.2, 0.25) is 5.91 Å². The van der Waals surface area contributed by atoms with E-state index in [1.165, 1.54) is 4.90 Å². The van der Waals surface area contributed by atoms with Crippen LogP contribution in [0.2, 0.25) is 0 Å². The number of anilines is 1. The molecule has 1 aromatic heterocycles. The first-order chi connectivity index (χ1) is 13.9. The highest BCUT2D eigenvalue weighted by atomic mass is 16.6. The number of fused-ring (bicyclic) bond motifs is 3. The molecule has 1 saturated heterocycles. The lowest BCUT2D eigenvalue weighted by Gasteiger charge is -2.15. The number of imidazole rings is 1. The number of amides is 2. The number of nitrogens with two attached hydrogens (primary N) is 1. The first-order valence-corrected chi connectivity index (χ1v) is 9.42. The van der Waals surface area contributed by atoms with E-state index in [2.05, 4.69) is 11.1 Å². The number of carbonyl (C=O) groups excluding carboxylic acids is 2. The van der Waals surface area contributed by atoms with Crippen LogP contribution in [-0.4, -0.2) is 40.8 Å². The van der Waals surface area contributed by atoms with Crippen LogP contribution in [0.5, 0.6) is 5.75 Å². The highest BCUT2D eigenvalue weighted by Crippen LogP contribution is 2.37. The van der Waals surface area contributed by atoms with Crippen molar-refractivity contribution in [2.45, 2.75) is 32.9 Å². The van der Waals surface area contributed by atoms with Crippen LogP contribution in [0.4, 0.5) is 10.6 Å². The molecule has 2 N–H and O–H groups in total. The van der Waals surface area contributed by atoms with E-state index in [9.17, 15) is 14.9 Å². The van der Waals surface area contributed by atoms with Crippen molar-refractivity contribution >= 4 is 17.8 Å². The fourth-order valence-electron chi connectivity index (χ4n) is 3.65. The molecule has 2 amide bonds. The van der Waals surface area contributed by atoms with Crippen molar-refractivity contribution in [3.8, 4) is 23.2 Å². The highest BCUT2D eigenvalue weighted by Gasteiger charge is 2.37. The zero-order chi connectivity index (χ0) is 20.7. The second kappa shape index (κ2) is 7.13. The molecular formula is C20H21N5O4. The van der Waals surface area contributed by atoms with Gasteiger partial charge < -0.3 is 19.8 Å². The third kappa shape index (κ3) is 3.16. The van der Waals surface area contributed by atoms with Crippen molar-refractivity contribution in [2.24, 2.45) is 11.7 Å². The Morgan fingerprint density at radius 2 is 2.24 bits per heavy atom. The van der Waals surface area contributed by atoms with Crippen LogP contribution >= 0.6 is 0 Å². The second-order valence-corrected chi connectivity index (χ2v) is 7.35. The minimum Gasteiger partial charge on any atom is -0.491 e. The topological polar surface area (TPSA) is 123 Å². The molecule has 0 bridgehead atoms. The molecule has 29 heavy (non-hydrogen) atoms. The molecule has 0 unspecified atom stereocenters. The first kappa shape index (κ1) is 18.8. The number of primary amides is 1. The van der Waals surface area contributed by atoms with E-state index in [1.54, 1.807) is 11.5 Å². The summed E-state index contributed by atoms with van der Waals surface area (Å²) in [4.78, 5) is 29.6. The number of hydrogen-bond donors (Lipinski definition) is 1. The molecule has 9 nitrogen and oxygen atoms in total. The molecule has 0 radical (unpaired) electrons. The van der Waals surface area contributed by atoms with Gasteiger partial charge in [0.05, 0.1) is 18.2 Å². The van der Waals surface area contributed by atoms with Gasteiger partial charge in [0, 0.05) is 5.92 Å². The quantitative estimate of drug-likeness (QED) is 0.842. The van der Waals surface area contributed by atoms with Gasteiger partial charge in [0.25, 0.3) is 0 Å². The molecule has 1 aromatic carbocycles. The van der Waals surface area contributed by atoms with Crippen LogP contribution in [0.25, 0.3) is 11.4 Å². The predicted molar refractivity (Wildman–Crippen MR) is 103 cm³/mol. The molecular weight excluding hydrogens is 374 g/mol. The molecule has 0 aliphatic carbocycles. The predicted octanol–water partition coefficient (Wildman–Crippen LogP) is 1.82. The van der Waals surface area contributed by atoms with Crippen LogP contribution in [-0.2, 0) is 22.5 Å². The Balaban J connectivity index is 1.78. The fraction of sp³-hybridized carbons (Fsp3) is 0.400. The van der Waals surface area contributed by atoms with E-state index in [1.807, 2.05) is 25.1 Å². The average Bonchev–Trinajstić information content (AvgIpc) is 3.14. The maximum atomic E-state index is 12.2. The summed E-state index contributed by atoms with van der Waals surface area (Å²) in [5, 5.41) is 9.76. The summed E-state index contributed by atoms with van der Waals surface area (Å²) in [6.45, 7) is 4.65. The minimum absolute atomic E-state index is 0.206. The summed E-state index contributed by atoms with van der Waals surface area (Å²) in [5.41, 5.74) is 7.32. The molecule has 2 aliphatic heterocycles. The third-order valence-corrected chi connectivity index (χ3v) is 5.26. The smallest absolute Gasteiger partial charge is 0.416 e. The molecule has 0 saturated carbocycles. The number of nitrogens with zero attached hydrogens (tertiary/aromatic N) is 4. The molecule has 2 atom stereocenters. The summed E-state index contributed by atoms with van der Waals surface area (Å²) in [6.07, 6.45) is 0.00112. The van der Waals surface area contributed by atoms with Gasteiger partial charge in [-0.2, -0.15) is 5.26 Å². The Kier molecular flexibility index (Phi) is 4.62.